The van der Waals surface area contributed by atoms with E-state index < -0.39 is 0 Å². The van der Waals surface area contributed by atoms with Crippen LogP contribution in [0.4, 0.5) is 0 Å². The average molecular weight is 157 g/mol. The highest BCUT2D eigenvalue weighted by atomic mass is 16.3. The highest BCUT2D eigenvalue weighted by molar-refractivity contribution is 4.98. The van der Waals surface area contributed by atoms with Gasteiger partial charge in [0.25, 0.3) is 0 Å². The highest BCUT2D eigenvalue weighted by Crippen LogP contribution is 2.01. The van der Waals surface area contributed by atoms with Gasteiger partial charge in [-0.1, -0.05) is 11.6 Å². The molecule has 0 saturated heterocycles. The van der Waals surface area contributed by atoms with E-state index >= 15 is 0 Å². The summed E-state index contributed by atoms with van der Waals surface area (Å²) in [5.74, 6) is 0. The van der Waals surface area contributed by atoms with Gasteiger partial charge in [-0.15, -0.1) is 0 Å². The van der Waals surface area contributed by atoms with Crippen molar-refractivity contribution < 1.29 is 5.11 Å². The Balaban J connectivity index is 3.46. The summed E-state index contributed by atoms with van der Waals surface area (Å²) in [6.07, 6.45) is 3.74. The lowest BCUT2D eigenvalue weighted by Crippen LogP contribution is -2.07. The first kappa shape index (κ1) is 10.7. The average Bonchev–Trinajstić information content (AvgIpc) is 1.97. The van der Waals surface area contributed by atoms with Gasteiger partial charge < -0.3 is 10.4 Å². The highest BCUT2D eigenvalue weighted by Gasteiger charge is 1.92. The van der Waals surface area contributed by atoms with Crippen LogP contribution in [-0.2, 0) is 0 Å². The van der Waals surface area contributed by atoms with Crippen molar-refractivity contribution in [3.63, 3.8) is 0 Å². The van der Waals surface area contributed by atoms with Gasteiger partial charge in [0.2, 0.25) is 0 Å². The normalized spacial score (nSPS) is 15.1. The molecule has 1 atom stereocenters. The van der Waals surface area contributed by atoms with Crippen molar-refractivity contribution in [3.8, 4) is 0 Å². The molecular formula is C9H19NO. The van der Waals surface area contributed by atoms with Crippen LogP contribution >= 0.6 is 0 Å². The summed E-state index contributed by atoms with van der Waals surface area (Å²) < 4.78 is 0. The van der Waals surface area contributed by atoms with Crippen LogP contribution in [0, 0.1) is 0 Å². The lowest BCUT2D eigenvalue weighted by molar-refractivity contribution is 0.198. The van der Waals surface area contributed by atoms with Crippen LogP contribution in [0.3, 0.4) is 0 Å². The fraction of sp³-hybridized carbons (Fsp3) is 0.778. The third kappa shape index (κ3) is 7.56. The van der Waals surface area contributed by atoms with Gasteiger partial charge in [0.05, 0.1) is 6.10 Å². The summed E-state index contributed by atoms with van der Waals surface area (Å²) in [4.78, 5) is 0. The first-order chi connectivity index (χ1) is 5.16. The minimum absolute atomic E-state index is 0.209. The van der Waals surface area contributed by atoms with E-state index in [0.29, 0.717) is 0 Å². The molecule has 0 aliphatic rings. The smallest absolute Gasteiger partial charge is 0.0546 e. The second-order valence-corrected chi connectivity index (χ2v) is 2.99. The molecule has 0 fully saturated rings. The Morgan fingerprint density at radius 2 is 2.27 bits per heavy atom. The Bertz CT molecular complexity index is 119. The molecule has 0 aromatic rings. The quantitative estimate of drug-likeness (QED) is 0.590. The molecule has 0 aliphatic carbocycles. The minimum Gasteiger partial charge on any atom is -0.393 e. The molecule has 0 heterocycles. The second-order valence-electron chi connectivity index (χ2n) is 2.99. The molecule has 2 N–H and O–H groups in total. The molecule has 0 rings (SSSR count). The molecule has 66 valence electrons. The van der Waals surface area contributed by atoms with Gasteiger partial charge in [0.1, 0.15) is 0 Å². The number of aliphatic hydroxyl groups excluding tert-OH is 1. The summed E-state index contributed by atoms with van der Waals surface area (Å²) in [5.41, 5.74) is 1.35. The fourth-order valence-corrected chi connectivity index (χ4v) is 0.796. The van der Waals surface area contributed by atoms with E-state index in [1.54, 1.807) is 0 Å². The molecule has 0 bridgehead atoms. The van der Waals surface area contributed by atoms with Crippen molar-refractivity contribution in [2.24, 2.45) is 0 Å². The minimum atomic E-state index is -0.209. The van der Waals surface area contributed by atoms with E-state index in [9.17, 15) is 0 Å². The van der Waals surface area contributed by atoms with Crippen molar-refractivity contribution >= 4 is 0 Å². The van der Waals surface area contributed by atoms with Crippen molar-refractivity contribution in [1.82, 2.24) is 5.32 Å². The monoisotopic (exact) mass is 157 g/mol. The number of aliphatic hydroxyl groups is 1. The Morgan fingerprint density at radius 3 is 2.73 bits per heavy atom. The van der Waals surface area contributed by atoms with Crippen molar-refractivity contribution in [3.05, 3.63) is 11.6 Å². The summed E-state index contributed by atoms with van der Waals surface area (Å²) in [7, 11) is 1.95. The molecule has 0 aliphatic heterocycles. The fourth-order valence-electron chi connectivity index (χ4n) is 0.796. The third-order valence-corrected chi connectivity index (χ3v) is 1.58. The predicted octanol–water partition coefficient (Wildman–Crippen LogP) is 1.31. The molecule has 11 heavy (non-hydrogen) atoms. The molecule has 1 unspecified atom stereocenters. The molecule has 0 aromatic carbocycles. The third-order valence-electron chi connectivity index (χ3n) is 1.58. The van der Waals surface area contributed by atoms with Gasteiger partial charge >= 0.3 is 0 Å². The summed E-state index contributed by atoms with van der Waals surface area (Å²) in [5, 5.41) is 12.0. The maximum atomic E-state index is 8.97. The van der Waals surface area contributed by atoms with Gasteiger partial charge in [-0.2, -0.15) is 0 Å². The molecule has 0 aromatic heterocycles. The largest absolute Gasteiger partial charge is 0.393 e. The molecule has 0 radical (unpaired) electrons. The van der Waals surface area contributed by atoms with E-state index in [1.807, 2.05) is 14.0 Å². The SMILES string of the molecule is CNCC/C(C)=C/CC(C)O. The van der Waals surface area contributed by atoms with E-state index in [0.717, 1.165) is 19.4 Å². The van der Waals surface area contributed by atoms with E-state index in [4.69, 9.17) is 5.11 Å². The van der Waals surface area contributed by atoms with Crippen molar-refractivity contribution in [2.75, 3.05) is 13.6 Å². The number of hydrogen-bond acceptors (Lipinski definition) is 2. The van der Waals surface area contributed by atoms with E-state index in [1.165, 1.54) is 5.57 Å². The Labute approximate surface area is 69.3 Å². The molecule has 0 amide bonds. The van der Waals surface area contributed by atoms with Crippen molar-refractivity contribution in [2.45, 2.75) is 32.8 Å². The van der Waals surface area contributed by atoms with Crippen LogP contribution in [0.15, 0.2) is 11.6 Å². The number of rotatable bonds is 5. The number of nitrogens with one attached hydrogen (secondary N) is 1. The van der Waals surface area contributed by atoms with Crippen LogP contribution in [0.1, 0.15) is 26.7 Å². The van der Waals surface area contributed by atoms with Gasteiger partial charge in [-0.25, -0.2) is 0 Å². The first-order valence-corrected chi connectivity index (χ1v) is 4.15. The standard InChI is InChI=1S/C9H19NO/c1-8(6-7-10-3)4-5-9(2)11/h4,9-11H,5-7H2,1-3H3/b8-4+. The molecular weight excluding hydrogens is 138 g/mol. The maximum Gasteiger partial charge on any atom is 0.0546 e. The summed E-state index contributed by atoms with van der Waals surface area (Å²) in [6.45, 7) is 4.92. The van der Waals surface area contributed by atoms with Crippen LogP contribution in [0.5, 0.6) is 0 Å². The summed E-state index contributed by atoms with van der Waals surface area (Å²) >= 11 is 0. The van der Waals surface area contributed by atoms with Crippen LogP contribution in [0.2, 0.25) is 0 Å². The summed E-state index contributed by atoms with van der Waals surface area (Å²) in [6, 6.07) is 0. The lowest BCUT2D eigenvalue weighted by Gasteiger charge is -2.02. The zero-order valence-electron chi connectivity index (χ0n) is 7.72. The Hall–Kier alpha value is -0.340. The van der Waals surface area contributed by atoms with E-state index in [2.05, 4.69) is 18.3 Å². The van der Waals surface area contributed by atoms with Gasteiger partial charge in [-0.3, -0.25) is 0 Å². The van der Waals surface area contributed by atoms with Gasteiger partial charge in [0.15, 0.2) is 0 Å². The van der Waals surface area contributed by atoms with E-state index in [-0.39, 0.29) is 6.10 Å². The second kappa shape index (κ2) is 6.38. The number of hydrogen-bond donors (Lipinski definition) is 2. The van der Waals surface area contributed by atoms with Gasteiger partial charge in [-0.05, 0) is 40.3 Å². The topological polar surface area (TPSA) is 32.3 Å². The maximum absolute atomic E-state index is 8.97. The first-order valence-electron chi connectivity index (χ1n) is 4.15. The van der Waals surface area contributed by atoms with Crippen LogP contribution < -0.4 is 5.32 Å². The Morgan fingerprint density at radius 1 is 1.64 bits per heavy atom. The predicted molar refractivity (Wildman–Crippen MR) is 48.6 cm³/mol. The molecule has 2 heteroatoms. The zero-order valence-corrected chi connectivity index (χ0v) is 7.72. The van der Waals surface area contributed by atoms with Gasteiger partial charge in [0, 0.05) is 0 Å². The zero-order chi connectivity index (χ0) is 8.69. The Kier molecular flexibility index (Phi) is 6.18. The molecule has 2 nitrogen and oxygen atoms in total. The van der Waals surface area contributed by atoms with Crippen molar-refractivity contribution in [1.29, 1.82) is 0 Å². The molecule has 0 spiro atoms. The lowest BCUT2D eigenvalue weighted by atomic mass is 10.1. The van der Waals surface area contributed by atoms with Crippen LogP contribution in [0.25, 0.3) is 0 Å². The van der Waals surface area contributed by atoms with Crippen LogP contribution in [-0.4, -0.2) is 24.8 Å². The molecule has 0 saturated carbocycles.